The van der Waals surface area contributed by atoms with E-state index in [1.54, 1.807) is 0 Å². The third-order valence-corrected chi connectivity index (χ3v) is 3.43. The zero-order chi connectivity index (χ0) is 15.5. The maximum atomic E-state index is 13.0. The molecule has 1 heterocycles. The van der Waals surface area contributed by atoms with E-state index in [0.29, 0.717) is 12.6 Å². The fourth-order valence-corrected chi connectivity index (χ4v) is 2.37. The molecule has 1 atom stereocenters. The smallest absolute Gasteiger partial charge is 0.381 e. The van der Waals surface area contributed by atoms with Crippen LogP contribution in [0.2, 0.25) is 0 Å². The molecule has 1 aromatic carbocycles. The number of benzene rings is 1. The molecule has 1 unspecified atom stereocenters. The summed E-state index contributed by atoms with van der Waals surface area (Å²) in [6.07, 6.45) is -1.95. The van der Waals surface area contributed by atoms with Crippen molar-refractivity contribution in [2.24, 2.45) is 0 Å². The molecule has 2 rings (SSSR count). The number of nitrogens with zero attached hydrogens (tertiary/aromatic N) is 1. The van der Waals surface area contributed by atoms with Gasteiger partial charge >= 0.3 is 6.18 Å². The number of hydrogen-bond acceptors (Lipinski definition) is 4. The Labute approximate surface area is 119 Å². The average molecular weight is 303 g/mol. The van der Waals surface area contributed by atoms with Gasteiger partial charge in [-0.1, -0.05) is 6.42 Å². The second-order valence-electron chi connectivity index (χ2n) is 5.03. The van der Waals surface area contributed by atoms with Crippen LogP contribution in [-0.2, 0) is 6.18 Å². The number of alkyl halides is 3. The maximum Gasteiger partial charge on any atom is 0.418 e. The number of hydrogen-bond donors (Lipinski definition) is 2. The van der Waals surface area contributed by atoms with Crippen LogP contribution >= 0.6 is 0 Å². The molecule has 1 aliphatic heterocycles. The molecule has 5 nitrogen and oxygen atoms in total. The highest BCUT2D eigenvalue weighted by Crippen LogP contribution is 2.37. The van der Waals surface area contributed by atoms with Crippen LogP contribution in [0.15, 0.2) is 18.2 Å². The summed E-state index contributed by atoms with van der Waals surface area (Å²) < 4.78 is 39.1. The van der Waals surface area contributed by atoms with Gasteiger partial charge in [0.1, 0.15) is 0 Å². The highest BCUT2D eigenvalue weighted by molar-refractivity contribution is 5.58. The topological polar surface area (TPSA) is 67.2 Å². The monoisotopic (exact) mass is 303 g/mol. The summed E-state index contributed by atoms with van der Waals surface area (Å²) >= 11 is 0. The van der Waals surface area contributed by atoms with Gasteiger partial charge in [0.05, 0.1) is 10.5 Å². The lowest BCUT2D eigenvalue weighted by atomic mass is 10.1. The van der Waals surface area contributed by atoms with Gasteiger partial charge in [0.15, 0.2) is 0 Å². The predicted molar refractivity (Wildman–Crippen MR) is 72.2 cm³/mol. The van der Waals surface area contributed by atoms with E-state index >= 15 is 0 Å². The van der Waals surface area contributed by atoms with Crippen molar-refractivity contribution in [3.05, 3.63) is 33.9 Å². The van der Waals surface area contributed by atoms with E-state index in [-0.39, 0.29) is 11.7 Å². The molecule has 1 saturated heterocycles. The van der Waals surface area contributed by atoms with Crippen LogP contribution in [0, 0.1) is 10.1 Å². The second-order valence-corrected chi connectivity index (χ2v) is 5.03. The SMILES string of the molecule is O=[N+]([O-])c1ccc(NC2CCCCNC2)c(C(F)(F)F)c1. The van der Waals surface area contributed by atoms with Crippen molar-refractivity contribution in [3.63, 3.8) is 0 Å². The van der Waals surface area contributed by atoms with Crippen molar-refractivity contribution >= 4 is 11.4 Å². The minimum absolute atomic E-state index is 0.109. The number of nitro benzene ring substituents is 1. The first-order valence-corrected chi connectivity index (χ1v) is 6.71. The minimum atomic E-state index is -4.63. The van der Waals surface area contributed by atoms with Crippen molar-refractivity contribution in [3.8, 4) is 0 Å². The Balaban J connectivity index is 2.27. The zero-order valence-electron chi connectivity index (χ0n) is 11.2. The molecule has 8 heteroatoms. The number of anilines is 1. The minimum Gasteiger partial charge on any atom is -0.381 e. The molecule has 2 N–H and O–H groups in total. The van der Waals surface area contributed by atoms with Gasteiger partial charge in [0.2, 0.25) is 0 Å². The van der Waals surface area contributed by atoms with Crippen LogP contribution in [-0.4, -0.2) is 24.1 Å². The average Bonchev–Trinajstić information content (AvgIpc) is 2.66. The fourth-order valence-electron chi connectivity index (χ4n) is 2.37. The Morgan fingerprint density at radius 1 is 1.33 bits per heavy atom. The van der Waals surface area contributed by atoms with Gasteiger partial charge in [-0.25, -0.2) is 0 Å². The third kappa shape index (κ3) is 4.07. The Kier molecular flexibility index (Phi) is 4.66. The summed E-state index contributed by atoms with van der Waals surface area (Å²) in [6.45, 7) is 1.43. The van der Waals surface area contributed by atoms with E-state index in [9.17, 15) is 23.3 Å². The number of non-ortho nitro benzene ring substituents is 1. The van der Waals surface area contributed by atoms with Crippen LogP contribution in [0.1, 0.15) is 24.8 Å². The molecule has 21 heavy (non-hydrogen) atoms. The number of nitro groups is 1. The van der Waals surface area contributed by atoms with Crippen LogP contribution in [0.4, 0.5) is 24.5 Å². The lowest BCUT2D eigenvalue weighted by Gasteiger charge is -2.21. The Morgan fingerprint density at radius 2 is 2.10 bits per heavy atom. The molecule has 0 saturated carbocycles. The quantitative estimate of drug-likeness (QED) is 0.665. The highest BCUT2D eigenvalue weighted by Gasteiger charge is 2.35. The molecular formula is C13H16F3N3O2. The molecule has 0 bridgehead atoms. The van der Waals surface area contributed by atoms with Gasteiger partial charge in [0.25, 0.3) is 5.69 Å². The number of nitrogens with one attached hydrogen (secondary N) is 2. The van der Waals surface area contributed by atoms with E-state index in [0.717, 1.165) is 37.9 Å². The summed E-state index contributed by atoms with van der Waals surface area (Å²) in [7, 11) is 0. The van der Waals surface area contributed by atoms with E-state index in [1.807, 2.05) is 0 Å². The van der Waals surface area contributed by atoms with Gasteiger partial charge in [-0.2, -0.15) is 13.2 Å². The summed E-state index contributed by atoms with van der Waals surface area (Å²) in [6, 6.07) is 2.68. The molecule has 0 spiro atoms. The molecule has 0 aliphatic carbocycles. The summed E-state index contributed by atoms with van der Waals surface area (Å²) in [5, 5.41) is 16.6. The van der Waals surface area contributed by atoms with Gasteiger partial charge < -0.3 is 10.6 Å². The van der Waals surface area contributed by atoms with Gasteiger partial charge in [-0.15, -0.1) is 0 Å². The fraction of sp³-hybridized carbons (Fsp3) is 0.538. The van der Waals surface area contributed by atoms with Crippen LogP contribution in [0.25, 0.3) is 0 Å². The van der Waals surface area contributed by atoms with Crippen LogP contribution < -0.4 is 10.6 Å². The first kappa shape index (κ1) is 15.6. The van der Waals surface area contributed by atoms with Crippen LogP contribution in [0.5, 0.6) is 0 Å². The number of rotatable bonds is 3. The van der Waals surface area contributed by atoms with Gasteiger partial charge in [0, 0.05) is 30.4 Å². The van der Waals surface area contributed by atoms with Crippen molar-refractivity contribution in [1.82, 2.24) is 5.32 Å². The lowest BCUT2D eigenvalue weighted by molar-refractivity contribution is -0.385. The first-order valence-electron chi connectivity index (χ1n) is 6.71. The molecule has 0 radical (unpaired) electrons. The van der Waals surface area contributed by atoms with Crippen molar-refractivity contribution < 1.29 is 18.1 Å². The summed E-state index contributed by atoms with van der Waals surface area (Å²) in [5.74, 6) is 0. The van der Waals surface area contributed by atoms with E-state index in [4.69, 9.17) is 0 Å². The largest absolute Gasteiger partial charge is 0.418 e. The molecule has 1 aromatic rings. The molecule has 0 aromatic heterocycles. The normalized spacial score (nSPS) is 19.9. The summed E-state index contributed by atoms with van der Waals surface area (Å²) in [5.41, 5.74) is -1.67. The Morgan fingerprint density at radius 3 is 2.76 bits per heavy atom. The Bertz CT molecular complexity index is 512. The van der Waals surface area contributed by atoms with Crippen molar-refractivity contribution in [1.29, 1.82) is 0 Å². The summed E-state index contributed by atoms with van der Waals surface area (Å²) in [4.78, 5) is 9.81. The molecule has 1 fully saturated rings. The lowest BCUT2D eigenvalue weighted by Crippen LogP contribution is -2.31. The van der Waals surface area contributed by atoms with Crippen LogP contribution in [0.3, 0.4) is 0 Å². The second kappa shape index (κ2) is 6.30. The maximum absolute atomic E-state index is 13.0. The standard InChI is InChI=1S/C13H16F3N3O2/c14-13(15,16)11-7-10(19(20)21)4-5-12(11)18-9-3-1-2-6-17-8-9/h4-5,7,9,17-18H,1-3,6,8H2. The molecule has 0 amide bonds. The van der Waals surface area contributed by atoms with E-state index in [2.05, 4.69) is 10.6 Å². The third-order valence-electron chi connectivity index (χ3n) is 3.43. The Hall–Kier alpha value is -1.83. The molecule has 116 valence electrons. The van der Waals surface area contributed by atoms with Crippen molar-refractivity contribution in [2.75, 3.05) is 18.4 Å². The molecule has 1 aliphatic rings. The zero-order valence-corrected chi connectivity index (χ0v) is 11.2. The van der Waals surface area contributed by atoms with E-state index < -0.39 is 22.4 Å². The highest BCUT2D eigenvalue weighted by atomic mass is 19.4. The van der Waals surface area contributed by atoms with Crippen molar-refractivity contribution in [2.45, 2.75) is 31.5 Å². The first-order chi connectivity index (χ1) is 9.88. The number of halogens is 3. The predicted octanol–water partition coefficient (Wildman–Crippen LogP) is 3.17. The van der Waals surface area contributed by atoms with E-state index in [1.165, 1.54) is 0 Å². The van der Waals surface area contributed by atoms with Gasteiger partial charge in [-0.05, 0) is 25.5 Å². The molecular weight excluding hydrogens is 287 g/mol. The van der Waals surface area contributed by atoms with Gasteiger partial charge in [-0.3, -0.25) is 10.1 Å².